The van der Waals surface area contributed by atoms with E-state index in [9.17, 15) is 19.1 Å². The second kappa shape index (κ2) is 7.68. The molecule has 1 aliphatic rings. The topological polar surface area (TPSA) is 66.4 Å². The van der Waals surface area contributed by atoms with Crippen molar-refractivity contribution < 1.29 is 19.1 Å². The Hall–Kier alpha value is -2.69. The van der Waals surface area contributed by atoms with Gasteiger partial charge in [0.25, 0.3) is 0 Å². The van der Waals surface area contributed by atoms with Crippen molar-refractivity contribution in [1.29, 1.82) is 0 Å². The zero-order chi connectivity index (χ0) is 18.7. The summed E-state index contributed by atoms with van der Waals surface area (Å²) >= 11 is 0. The fourth-order valence-electron chi connectivity index (χ4n) is 3.29. The SMILES string of the molecule is Cc1cccc(CC(CNC(=O)C2CC2c2ccc(F)cc2)C(=O)O)c1. The molecule has 2 aromatic rings. The number of hydrogen-bond donors (Lipinski definition) is 2. The Morgan fingerprint density at radius 1 is 1.23 bits per heavy atom. The molecule has 0 heterocycles. The third-order valence-corrected chi connectivity index (χ3v) is 4.86. The van der Waals surface area contributed by atoms with Crippen LogP contribution in [0.25, 0.3) is 0 Å². The van der Waals surface area contributed by atoms with E-state index in [1.807, 2.05) is 31.2 Å². The summed E-state index contributed by atoms with van der Waals surface area (Å²) in [6.45, 7) is 2.07. The number of hydrogen-bond acceptors (Lipinski definition) is 2. The number of carbonyl (C=O) groups is 2. The molecule has 1 amide bonds. The minimum atomic E-state index is -0.919. The van der Waals surface area contributed by atoms with E-state index in [2.05, 4.69) is 5.32 Å². The van der Waals surface area contributed by atoms with Crippen LogP contribution >= 0.6 is 0 Å². The molecule has 1 aliphatic carbocycles. The lowest BCUT2D eigenvalue weighted by Gasteiger charge is -2.14. The molecule has 0 aromatic heterocycles. The number of rotatable bonds is 7. The molecule has 3 atom stereocenters. The van der Waals surface area contributed by atoms with E-state index in [4.69, 9.17) is 0 Å². The highest BCUT2D eigenvalue weighted by atomic mass is 19.1. The van der Waals surface area contributed by atoms with Gasteiger partial charge in [0.1, 0.15) is 5.82 Å². The van der Waals surface area contributed by atoms with E-state index in [1.54, 1.807) is 12.1 Å². The predicted molar refractivity (Wildman–Crippen MR) is 96.3 cm³/mol. The van der Waals surface area contributed by atoms with Crippen molar-refractivity contribution >= 4 is 11.9 Å². The van der Waals surface area contributed by atoms with Crippen LogP contribution in [0.4, 0.5) is 4.39 Å². The van der Waals surface area contributed by atoms with Gasteiger partial charge in [0.05, 0.1) is 5.92 Å². The van der Waals surface area contributed by atoms with E-state index in [1.165, 1.54) is 12.1 Å². The van der Waals surface area contributed by atoms with Crippen LogP contribution < -0.4 is 5.32 Å². The highest BCUT2D eigenvalue weighted by molar-refractivity contribution is 5.83. The maximum atomic E-state index is 13.0. The molecule has 5 heteroatoms. The van der Waals surface area contributed by atoms with Crippen molar-refractivity contribution in [2.24, 2.45) is 11.8 Å². The summed E-state index contributed by atoms with van der Waals surface area (Å²) in [5.41, 5.74) is 2.97. The van der Waals surface area contributed by atoms with Crippen LogP contribution in [0.3, 0.4) is 0 Å². The quantitative estimate of drug-likeness (QED) is 0.801. The van der Waals surface area contributed by atoms with Gasteiger partial charge in [-0.1, -0.05) is 42.0 Å². The van der Waals surface area contributed by atoms with Gasteiger partial charge in [0, 0.05) is 12.5 Å². The van der Waals surface area contributed by atoms with Gasteiger partial charge in [-0.2, -0.15) is 0 Å². The van der Waals surface area contributed by atoms with Crippen molar-refractivity contribution in [3.05, 3.63) is 71.0 Å². The van der Waals surface area contributed by atoms with E-state index in [0.29, 0.717) is 12.8 Å². The number of aliphatic carboxylic acids is 1. The summed E-state index contributed by atoms with van der Waals surface area (Å²) < 4.78 is 13.0. The van der Waals surface area contributed by atoms with Gasteiger partial charge in [-0.25, -0.2) is 4.39 Å². The van der Waals surface area contributed by atoms with Gasteiger partial charge in [-0.05, 0) is 48.9 Å². The zero-order valence-electron chi connectivity index (χ0n) is 14.6. The van der Waals surface area contributed by atoms with Crippen LogP contribution in [0, 0.1) is 24.6 Å². The van der Waals surface area contributed by atoms with Gasteiger partial charge in [-0.3, -0.25) is 9.59 Å². The molecule has 2 N–H and O–H groups in total. The Bertz CT molecular complexity index is 803. The standard InChI is InChI=1S/C21H22FNO3/c1-13-3-2-4-14(9-13)10-16(21(25)26)12-23-20(24)19-11-18(19)15-5-7-17(22)8-6-15/h2-9,16,18-19H,10-12H2,1H3,(H,23,24)(H,25,26). The number of halogens is 1. The zero-order valence-corrected chi connectivity index (χ0v) is 14.6. The number of aryl methyl sites for hydroxylation is 1. The first-order valence-electron chi connectivity index (χ1n) is 8.75. The van der Waals surface area contributed by atoms with Gasteiger partial charge in [0.15, 0.2) is 0 Å². The van der Waals surface area contributed by atoms with E-state index < -0.39 is 11.9 Å². The molecule has 0 saturated heterocycles. The molecule has 4 nitrogen and oxygen atoms in total. The number of amides is 1. The van der Waals surface area contributed by atoms with E-state index >= 15 is 0 Å². The highest BCUT2D eigenvalue weighted by Crippen LogP contribution is 2.47. The van der Waals surface area contributed by atoms with Gasteiger partial charge in [-0.15, -0.1) is 0 Å². The first-order valence-corrected chi connectivity index (χ1v) is 8.75. The fraction of sp³-hybridized carbons (Fsp3) is 0.333. The Labute approximate surface area is 152 Å². The van der Waals surface area contributed by atoms with Gasteiger partial charge in [0.2, 0.25) is 5.91 Å². The molecule has 26 heavy (non-hydrogen) atoms. The summed E-state index contributed by atoms with van der Waals surface area (Å²) in [4.78, 5) is 23.8. The first-order chi connectivity index (χ1) is 12.4. The Kier molecular flexibility index (Phi) is 5.35. The third kappa shape index (κ3) is 4.48. The van der Waals surface area contributed by atoms with Crippen LogP contribution in [0.1, 0.15) is 29.0 Å². The lowest BCUT2D eigenvalue weighted by Crippen LogP contribution is -2.35. The minimum absolute atomic E-state index is 0.0932. The van der Waals surface area contributed by atoms with Crippen LogP contribution in [-0.2, 0) is 16.0 Å². The predicted octanol–water partition coefficient (Wildman–Crippen LogP) is 3.30. The molecule has 0 spiro atoms. The summed E-state index contributed by atoms with van der Waals surface area (Å²) in [7, 11) is 0. The summed E-state index contributed by atoms with van der Waals surface area (Å²) in [5, 5.41) is 12.2. The molecule has 3 unspecified atom stereocenters. The number of benzene rings is 2. The molecule has 136 valence electrons. The second-order valence-electron chi connectivity index (χ2n) is 6.97. The molecule has 0 aliphatic heterocycles. The van der Waals surface area contributed by atoms with Crippen LogP contribution in [0.5, 0.6) is 0 Å². The second-order valence-corrected chi connectivity index (χ2v) is 6.97. The lowest BCUT2D eigenvalue weighted by atomic mass is 9.98. The Balaban J connectivity index is 1.54. The van der Waals surface area contributed by atoms with Crippen LogP contribution in [0.15, 0.2) is 48.5 Å². The normalized spacial score (nSPS) is 19.6. The van der Waals surface area contributed by atoms with Crippen molar-refractivity contribution in [2.45, 2.75) is 25.7 Å². The maximum Gasteiger partial charge on any atom is 0.308 e. The first kappa shape index (κ1) is 18.1. The summed E-state index contributed by atoms with van der Waals surface area (Å²) in [6.07, 6.45) is 1.09. The highest BCUT2D eigenvalue weighted by Gasteiger charge is 2.44. The molecule has 0 radical (unpaired) electrons. The van der Waals surface area contributed by atoms with Crippen molar-refractivity contribution in [1.82, 2.24) is 5.32 Å². The number of carbonyl (C=O) groups excluding carboxylic acids is 1. The smallest absolute Gasteiger partial charge is 0.308 e. The van der Waals surface area contributed by atoms with Crippen molar-refractivity contribution in [3.8, 4) is 0 Å². The van der Waals surface area contributed by atoms with Crippen molar-refractivity contribution in [2.75, 3.05) is 6.54 Å². The van der Waals surface area contributed by atoms with Crippen LogP contribution in [0.2, 0.25) is 0 Å². The number of carboxylic acids is 1. The minimum Gasteiger partial charge on any atom is -0.481 e. The molecule has 1 saturated carbocycles. The molecule has 0 bridgehead atoms. The fourth-order valence-corrected chi connectivity index (χ4v) is 3.29. The monoisotopic (exact) mass is 355 g/mol. The van der Waals surface area contributed by atoms with E-state index in [0.717, 1.165) is 16.7 Å². The number of carboxylic acid groups (broad SMARTS) is 1. The molecule has 2 aromatic carbocycles. The lowest BCUT2D eigenvalue weighted by molar-refractivity contribution is -0.141. The molecular weight excluding hydrogens is 333 g/mol. The molecule has 1 fully saturated rings. The third-order valence-electron chi connectivity index (χ3n) is 4.86. The average molecular weight is 355 g/mol. The average Bonchev–Trinajstić information content (AvgIpc) is 3.39. The molecule has 3 rings (SSSR count). The van der Waals surface area contributed by atoms with Gasteiger partial charge < -0.3 is 10.4 Å². The molecular formula is C21H22FNO3. The van der Waals surface area contributed by atoms with E-state index in [-0.39, 0.29) is 30.1 Å². The van der Waals surface area contributed by atoms with Gasteiger partial charge >= 0.3 is 5.97 Å². The maximum absolute atomic E-state index is 13.0. The Morgan fingerprint density at radius 2 is 1.96 bits per heavy atom. The Morgan fingerprint density at radius 3 is 2.62 bits per heavy atom. The summed E-state index contributed by atoms with van der Waals surface area (Å²) in [6, 6.07) is 13.9. The number of nitrogens with one attached hydrogen (secondary N) is 1. The summed E-state index contributed by atoms with van der Waals surface area (Å²) in [5.74, 6) is -2.07. The van der Waals surface area contributed by atoms with Crippen LogP contribution in [-0.4, -0.2) is 23.5 Å². The largest absolute Gasteiger partial charge is 0.481 e. The van der Waals surface area contributed by atoms with Crippen molar-refractivity contribution in [3.63, 3.8) is 0 Å².